The van der Waals surface area contributed by atoms with Crippen molar-refractivity contribution in [3.8, 4) is 0 Å². The van der Waals surface area contributed by atoms with Crippen molar-refractivity contribution in [1.29, 1.82) is 0 Å². The topological polar surface area (TPSA) is 91.9 Å². The van der Waals surface area contributed by atoms with Crippen LogP contribution in [0.2, 0.25) is 0 Å². The molecule has 1 aromatic carbocycles. The summed E-state index contributed by atoms with van der Waals surface area (Å²) in [5, 5.41) is 4.10. The van der Waals surface area contributed by atoms with Crippen LogP contribution in [0, 0.1) is 0 Å². The van der Waals surface area contributed by atoms with Crippen molar-refractivity contribution in [3.05, 3.63) is 46.5 Å². The molecule has 0 radical (unpaired) electrons. The molecule has 1 saturated carbocycles. The predicted octanol–water partition coefficient (Wildman–Crippen LogP) is 2.99. The molecule has 0 saturated heterocycles. The van der Waals surface area contributed by atoms with Crippen molar-refractivity contribution >= 4 is 23.4 Å². The molecule has 7 nitrogen and oxygen atoms in total. The third kappa shape index (κ3) is 3.53. The number of aryl methyl sites for hydroxylation is 3. The second kappa shape index (κ2) is 7.86. The molecule has 0 spiro atoms. The van der Waals surface area contributed by atoms with E-state index in [1.165, 1.54) is 0 Å². The fraction of sp³-hybridized carbons (Fsp3) is 0.526. The first kappa shape index (κ1) is 19.6. The molecule has 2 N–H and O–H groups in total. The predicted molar refractivity (Wildman–Crippen MR) is 106 cm³/mol. The molecule has 1 fully saturated rings. The van der Waals surface area contributed by atoms with Crippen LogP contribution < -0.4 is 11.4 Å². The third-order valence-corrected chi connectivity index (χ3v) is 5.33. The molecule has 8 heteroatoms. The lowest BCUT2D eigenvalue weighted by Gasteiger charge is -2.17. The number of nitrogens with two attached hydrogens (primary N) is 1. The maximum Gasteiger partial charge on any atom is 0.329 e. The standard InChI is InChI=1S/C19H25N5O2.ClH/c1-2-12-23-14-7-3-4-8-15(14)24(18(23)25)13-9-16-21-17(22-26-16)19(20)10-5-6-11-19;/h3-4,7-8H,2,5-6,9-13,20H2,1H3;1H. The molecule has 0 unspecified atom stereocenters. The van der Waals surface area contributed by atoms with Crippen LogP contribution >= 0.6 is 12.4 Å². The Kier molecular flexibility index (Phi) is 5.72. The Balaban J connectivity index is 0.00000210. The van der Waals surface area contributed by atoms with Gasteiger partial charge < -0.3 is 10.3 Å². The second-order valence-electron chi connectivity index (χ2n) is 7.20. The average molecular weight is 392 g/mol. The maximum absolute atomic E-state index is 12.8. The zero-order valence-electron chi connectivity index (χ0n) is 15.6. The van der Waals surface area contributed by atoms with Crippen molar-refractivity contribution in [3.63, 3.8) is 0 Å². The molecule has 1 aliphatic rings. The van der Waals surface area contributed by atoms with E-state index in [1.54, 1.807) is 4.57 Å². The Labute approximate surface area is 164 Å². The number of nitrogens with zero attached hydrogens (tertiary/aromatic N) is 4. The Morgan fingerprint density at radius 1 is 1.15 bits per heavy atom. The van der Waals surface area contributed by atoms with Gasteiger partial charge in [0.2, 0.25) is 5.89 Å². The van der Waals surface area contributed by atoms with Crippen LogP contribution in [0.15, 0.2) is 33.6 Å². The number of halogens is 1. The van der Waals surface area contributed by atoms with Crippen molar-refractivity contribution < 1.29 is 4.52 Å². The molecule has 0 atom stereocenters. The van der Waals surface area contributed by atoms with Gasteiger partial charge in [0.1, 0.15) is 0 Å². The molecule has 2 heterocycles. The summed E-state index contributed by atoms with van der Waals surface area (Å²) in [6.45, 7) is 3.30. The SMILES string of the molecule is CCCn1c(=O)n(CCc2nc(C3(N)CCCC3)no2)c2ccccc21.Cl. The zero-order valence-corrected chi connectivity index (χ0v) is 16.4. The highest BCUT2D eigenvalue weighted by Crippen LogP contribution is 2.34. The second-order valence-corrected chi connectivity index (χ2v) is 7.20. The van der Waals surface area contributed by atoms with E-state index in [4.69, 9.17) is 10.3 Å². The first-order valence-corrected chi connectivity index (χ1v) is 9.42. The Morgan fingerprint density at radius 2 is 1.78 bits per heavy atom. The summed E-state index contributed by atoms with van der Waals surface area (Å²) in [7, 11) is 0. The zero-order chi connectivity index (χ0) is 18.1. The van der Waals surface area contributed by atoms with Gasteiger partial charge in [-0.1, -0.05) is 37.1 Å². The minimum atomic E-state index is -0.449. The van der Waals surface area contributed by atoms with Crippen LogP contribution in [0.1, 0.15) is 50.7 Å². The number of benzene rings is 1. The van der Waals surface area contributed by atoms with E-state index < -0.39 is 5.54 Å². The van der Waals surface area contributed by atoms with Crippen molar-refractivity contribution in [2.45, 2.75) is 64.1 Å². The molecule has 146 valence electrons. The van der Waals surface area contributed by atoms with Gasteiger partial charge in [0.15, 0.2) is 5.82 Å². The first-order chi connectivity index (χ1) is 12.6. The summed E-state index contributed by atoms with van der Waals surface area (Å²) in [5.74, 6) is 1.14. The van der Waals surface area contributed by atoms with Crippen LogP contribution in [0.4, 0.5) is 0 Å². The summed E-state index contributed by atoms with van der Waals surface area (Å²) >= 11 is 0. The van der Waals surface area contributed by atoms with E-state index in [0.29, 0.717) is 31.2 Å². The van der Waals surface area contributed by atoms with E-state index in [1.807, 2.05) is 28.8 Å². The molecule has 27 heavy (non-hydrogen) atoms. The quantitative estimate of drug-likeness (QED) is 0.697. The minimum Gasteiger partial charge on any atom is -0.339 e. The minimum absolute atomic E-state index is 0. The summed E-state index contributed by atoms with van der Waals surface area (Å²) < 4.78 is 9.04. The van der Waals surface area contributed by atoms with Crippen LogP contribution in [-0.4, -0.2) is 19.3 Å². The number of imidazole rings is 1. The highest BCUT2D eigenvalue weighted by molar-refractivity contribution is 5.85. The molecule has 1 aliphatic carbocycles. The summed E-state index contributed by atoms with van der Waals surface area (Å²) in [4.78, 5) is 17.3. The molecule has 3 aromatic rings. The Hall–Kier alpha value is -2.12. The molecule has 4 rings (SSSR count). The van der Waals surface area contributed by atoms with Crippen molar-refractivity contribution in [2.75, 3.05) is 0 Å². The van der Waals surface area contributed by atoms with Gasteiger partial charge in [-0.15, -0.1) is 12.4 Å². The average Bonchev–Trinajstić information content (AvgIpc) is 3.35. The Bertz CT molecular complexity index is 968. The Morgan fingerprint density at radius 3 is 2.41 bits per heavy atom. The fourth-order valence-corrected chi connectivity index (χ4v) is 3.92. The smallest absolute Gasteiger partial charge is 0.329 e. The van der Waals surface area contributed by atoms with Crippen molar-refractivity contribution in [2.24, 2.45) is 5.73 Å². The van der Waals surface area contributed by atoms with Gasteiger partial charge in [-0.25, -0.2) is 4.79 Å². The first-order valence-electron chi connectivity index (χ1n) is 9.42. The molecular weight excluding hydrogens is 366 g/mol. The summed E-state index contributed by atoms with van der Waals surface area (Å²) in [6, 6.07) is 7.89. The monoisotopic (exact) mass is 391 g/mol. The summed E-state index contributed by atoms with van der Waals surface area (Å²) in [5.41, 5.74) is 7.87. The lowest BCUT2D eigenvalue weighted by atomic mass is 9.99. The van der Waals surface area contributed by atoms with Crippen LogP contribution in [0.5, 0.6) is 0 Å². The highest BCUT2D eigenvalue weighted by Gasteiger charge is 2.35. The third-order valence-electron chi connectivity index (χ3n) is 5.33. The fourth-order valence-electron chi connectivity index (χ4n) is 3.92. The van der Waals surface area contributed by atoms with Gasteiger partial charge in [0.25, 0.3) is 0 Å². The van der Waals surface area contributed by atoms with Crippen LogP contribution in [0.25, 0.3) is 11.0 Å². The van der Waals surface area contributed by atoms with E-state index in [0.717, 1.165) is 43.1 Å². The van der Waals surface area contributed by atoms with Gasteiger partial charge in [0.05, 0.1) is 16.6 Å². The van der Waals surface area contributed by atoms with E-state index >= 15 is 0 Å². The van der Waals surface area contributed by atoms with Gasteiger partial charge in [-0.3, -0.25) is 9.13 Å². The number of rotatable bonds is 6. The molecule has 0 aliphatic heterocycles. The number of para-hydroxylation sites is 2. The summed E-state index contributed by atoms with van der Waals surface area (Å²) in [6.07, 6.45) is 5.44. The lowest BCUT2D eigenvalue weighted by molar-refractivity contribution is 0.345. The van der Waals surface area contributed by atoms with E-state index in [2.05, 4.69) is 17.1 Å². The number of hydrogen-bond acceptors (Lipinski definition) is 5. The van der Waals surface area contributed by atoms with Gasteiger partial charge >= 0.3 is 5.69 Å². The van der Waals surface area contributed by atoms with E-state index in [9.17, 15) is 4.79 Å². The molecule has 0 amide bonds. The van der Waals surface area contributed by atoms with Crippen molar-refractivity contribution in [1.82, 2.24) is 19.3 Å². The maximum atomic E-state index is 12.8. The number of fused-ring (bicyclic) bond motifs is 1. The van der Waals surface area contributed by atoms with Gasteiger partial charge in [-0.05, 0) is 31.4 Å². The highest BCUT2D eigenvalue weighted by atomic mass is 35.5. The van der Waals surface area contributed by atoms with Crippen LogP contribution in [0.3, 0.4) is 0 Å². The lowest BCUT2D eigenvalue weighted by Crippen LogP contribution is -2.34. The molecular formula is C19H26ClN5O2. The van der Waals surface area contributed by atoms with Crippen LogP contribution in [-0.2, 0) is 25.0 Å². The van der Waals surface area contributed by atoms with Gasteiger partial charge in [0, 0.05) is 19.5 Å². The number of hydrogen-bond donors (Lipinski definition) is 1. The molecule has 0 bridgehead atoms. The molecule has 2 aromatic heterocycles. The normalized spacial score (nSPS) is 15.9. The largest absolute Gasteiger partial charge is 0.339 e. The van der Waals surface area contributed by atoms with Gasteiger partial charge in [-0.2, -0.15) is 4.98 Å². The number of aromatic nitrogens is 4. The van der Waals surface area contributed by atoms with E-state index in [-0.39, 0.29) is 18.1 Å².